The molecule has 4 heteroatoms. The maximum Gasteiger partial charge on any atom is 0.119 e. The van der Waals surface area contributed by atoms with Gasteiger partial charge in [0.05, 0.1) is 6.61 Å². The van der Waals surface area contributed by atoms with E-state index in [0.29, 0.717) is 25.2 Å². The summed E-state index contributed by atoms with van der Waals surface area (Å²) in [4.78, 5) is 0. The number of aliphatic hydroxyl groups excluding tert-OH is 1. The summed E-state index contributed by atoms with van der Waals surface area (Å²) in [5.74, 6) is 0.698. The van der Waals surface area contributed by atoms with Gasteiger partial charge in [-0.05, 0) is 43.6 Å². The number of ether oxygens (including phenoxy) is 1. The molecule has 2 rings (SSSR count). The van der Waals surface area contributed by atoms with Crippen molar-refractivity contribution in [3.63, 3.8) is 0 Å². The lowest BCUT2D eigenvalue weighted by molar-refractivity contribution is -0.0286. The van der Waals surface area contributed by atoms with Gasteiger partial charge >= 0.3 is 0 Å². The Hall–Kier alpha value is -1.10. The minimum absolute atomic E-state index is 0.00535. The summed E-state index contributed by atoms with van der Waals surface area (Å²) < 4.78 is 5.60. The van der Waals surface area contributed by atoms with Crippen LogP contribution >= 0.6 is 0 Å². The molecule has 4 nitrogen and oxygen atoms in total. The zero-order valence-corrected chi connectivity index (χ0v) is 9.85. The van der Waals surface area contributed by atoms with Crippen LogP contribution < -0.4 is 10.1 Å². The molecule has 0 atom stereocenters. The fourth-order valence-corrected chi connectivity index (χ4v) is 1.99. The molecule has 0 spiro atoms. The van der Waals surface area contributed by atoms with E-state index in [0.717, 1.165) is 18.7 Å². The fraction of sp³-hybridized carbons (Fsp3) is 0.538. The van der Waals surface area contributed by atoms with Crippen LogP contribution in [0.15, 0.2) is 24.3 Å². The van der Waals surface area contributed by atoms with Crippen molar-refractivity contribution in [1.29, 1.82) is 0 Å². The van der Waals surface area contributed by atoms with Crippen LogP contribution in [0.5, 0.6) is 5.75 Å². The molecule has 0 aromatic heterocycles. The monoisotopic (exact) mass is 237 g/mol. The normalized spacial score (nSPS) is 18.9. The van der Waals surface area contributed by atoms with Gasteiger partial charge in [-0.2, -0.15) is 0 Å². The van der Waals surface area contributed by atoms with Crippen molar-refractivity contribution in [3.05, 3.63) is 29.8 Å². The minimum Gasteiger partial charge on any atom is -0.491 e. The SMILES string of the molecule is OCc1cccc(OCC2(O)CCNCC2)c1. The molecule has 0 radical (unpaired) electrons. The highest BCUT2D eigenvalue weighted by Crippen LogP contribution is 2.21. The van der Waals surface area contributed by atoms with Crippen LogP contribution in [0.1, 0.15) is 18.4 Å². The van der Waals surface area contributed by atoms with Crippen molar-refractivity contribution < 1.29 is 14.9 Å². The summed E-state index contributed by atoms with van der Waals surface area (Å²) in [6, 6.07) is 7.31. The third kappa shape index (κ3) is 3.43. The van der Waals surface area contributed by atoms with Crippen LogP contribution in [0.25, 0.3) is 0 Å². The van der Waals surface area contributed by atoms with Gasteiger partial charge in [0.25, 0.3) is 0 Å². The quantitative estimate of drug-likeness (QED) is 0.720. The summed E-state index contributed by atoms with van der Waals surface area (Å²) in [6.07, 6.45) is 1.43. The first-order valence-corrected chi connectivity index (χ1v) is 5.98. The number of benzene rings is 1. The van der Waals surface area contributed by atoms with Crippen molar-refractivity contribution in [2.75, 3.05) is 19.7 Å². The Balaban J connectivity index is 1.92. The second-order valence-electron chi connectivity index (χ2n) is 4.57. The number of piperidine rings is 1. The first-order chi connectivity index (χ1) is 8.22. The highest BCUT2D eigenvalue weighted by molar-refractivity contribution is 5.28. The maximum atomic E-state index is 10.2. The Morgan fingerprint density at radius 2 is 2.06 bits per heavy atom. The Morgan fingerprint density at radius 1 is 1.29 bits per heavy atom. The van der Waals surface area contributed by atoms with E-state index < -0.39 is 5.60 Å². The maximum absolute atomic E-state index is 10.2. The largest absolute Gasteiger partial charge is 0.491 e. The van der Waals surface area contributed by atoms with Crippen molar-refractivity contribution in [2.45, 2.75) is 25.0 Å². The minimum atomic E-state index is -0.722. The van der Waals surface area contributed by atoms with Gasteiger partial charge in [-0.15, -0.1) is 0 Å². The predicted molar refractivity (Wildman–Crippen MR) is 64.9 cm³/mol. The molecule has 94 valence electrons. The van der Waals surface area contributed by atoms with Gasteiger partial charge in [0.2, 0.25) is 0 Å². The highest BCUT2D eigenvalue weighted by Gasteiger charge is 2.29. The van der Waals surface area contributed by atoms with E-state index in [1.807, 2.05) is 18.2 Å². The van der Waals surface area contributed by atoms with E-state index in [1.165, 1.54) is 0 Å². The van der Waals surface area contributed by atoms with Crippen LogP contribution in [-0.4, -0.2) is 35.5 Å². The molecule has 1 aromatic rings. The summed E-state index contributed by atoms with van der Waals surface area (Å²) in [5, 5.41) is 22.5. The topological polar surface area (TPSA) is 61.7 Å². The molecule has 0 bridgehead atoms. The molecule has 1 aliphatic rings. The highest BCUT2D eigenvalue weighted by atomic mass is 16.5. The number of hydrogen-bond acceptors (Lipinski definition) is 4. The number of rotatable bonds is 4. The lowest BCUT2D eigenvalue weighted by Gasteiger charge is -2.32. The van der Waals surface area contributed by atoms with Gasteiger partial charge in [0.1, 0.15) is 18.0 Å². The molecular formula is C13H19NO3. The van der Waals surface area contributed by atoms with Crippen LogP contribution in [0.3, 0.4) is 0 Å². The summed E-state index contributed by atoms with van der Waals surface area (Å²) in [5.41, 5.74) is 0.0975. The Bertz CT molecular complexity index is 361. The molecule has 17 heavy (non-hydrogen) atoms. The summed E-state index contributed by atoms with van der Waals surface area (Å²) >= 11 is 0. The molecule has 0 unspecified atom stereocenters. The molecule has 0 saturated carbocycles. The van der Waals surface area contributed by atoms with E-state index in [-0.39, 0.29) is 6.61 Å². The van der Waals surface area contributed by atoms with Gasteiger partial charge in [-0.25, -0.2) is 0 Å². The second kappa shape index (κ2) is 5.49. The molecular weight excluding hydrogens is 218 g/mol. The van der Waals surface area contributed by atoms with Crippen LogP contribution in [-0.2, 0) is 6.61 Å². The smallest absolute Gasteiger partial charge is 0.119 e. The number of hydrogen-bond donors (Lipinski definition) is 3. The van der Waals surface area contributed by atoms with Crippen molar-refractivity contribution >= 4 is 0 Å². The Morgan fingerprint density at radius 3 is 2.76 bits per heavy atom. The Kier molecular flexibility index (Phi) is 3.99. The van der Waals surface area contributed by atoms with E-state index >= 15 is 0 Å². The number of nitrogens with one attached hydrogen (secondary N) is 1. The number of aliphatic hydroxyl groups is 2. The second-order valence-corrected chi connectivity index (χ2v) is 4.57. The van der Waals surface area contributed by atoms with Gasteiger partial charge in [-0.1, -0.05) is 12.1 Å². The molecule has 3 N–H and O–H groups in total. The standard InChI is InChI=1S/C13H19NO3/c15-9-11-2-1-3-12(8-11)17-10-13(16)4-6-14-7-5-13/h1-3,8,14-16H,4-7,9-10H2. The first-order valence-electron chi connectivity index (χ1n) is 5.98. The third-order valence-electron chi connectivity index (χ3n) is 3.12. The third-order valence-corrected chi connectivity index (χ3v) is 3.12. The fourth-order valence-electron chi connectivity index (χ4n) is 1.99. The molecule has 1 aliphatic heterocycles. The van der Waals surface area contributed by atoms with E-state index in [1.54, 1.807) is 6.07 Å². The molecule has 0 amide bonds. The van der Waals surface area contributed by atoms with E-state index in [2.05, 4.69) is 5.32 Å². The predicted octanol–water partition coefficient (Wildman–Crippen LogP) is 0.672. The molecule has 1 aromatic carbocycles. The van der Waals surface area contributed by atoms with Gasteiger partial charge < -0.3 is 20.3 Å². The first kappa shape index (κ1) is 12.4. The van der Waals surface area contributed by atoms with Crippen LogP contribution in [0.4, 0.5) is 0 Å². The zero-order chi connectivity index (χ0) is 12.1. The van der Waals surface area contributed by atoms with Crippen LogP contribution in [0, 0.1) is 0 Å². The Labute approximate surface area is 101 Å². The lowest BCUT2D eigenvalue weighted by atomic mass is 9.93. The van der Waals surface area contributed by atoms with Crippen molar-refractivity contribution in [3.8, 4) is 5.75 Å². The molecule has 1 heterocycles. The summed E-state index contributed by atoms with van der Waals surface area (Å²) in [7, 11) is 0. The van der Waals surface area contributed by atoms with Gasteiger partial charge in [0.15, 0.2) is 0 Å². The van der Waals surface area contributed by atoms with Crippen LogP contribution in [0.2, 0.25) is 0 Å². The molecule has 1 saturated heterocycles. The zero-order valence-electron chi connectivity index (χ0n) is 9.85. The molecule has 0 aliphatic carbocycles. The van der Waals surface area contributed by atoms with Gasteiger partial charge in [-0.3, -0.25) is 0 Å². The van der Waals surface area contributed by atoms with E-state index in [9.17, 15) is 5.11 Å². The molecule has 1 fully saturated rings. The van der Waals surface area contributed by atoms with Crippen molar-refractivity contribution in [1.82, 2.24) is 5.32 Å². The summed E-state index contributed by atoms with van der Waals surface area (Å²) in [6.45, 7) is 1.97. The average Bonchev–Trinajstić information content (AvgIpc) is 2.38. The average molecular weight is 237 g/mol. The van der Waals surface area contributed by atoms with Crippen molar-refractivity contribution in [2.24, 2.45) is 0 Å². The van der Waals surface area contributed by atoms with Gasteiger partial charge in [0, 0.05) is 0 Å². The van der Waals surface area contributed by atoms with E-state index in [4.69, 9.17) is 9.84 Å². The lowest BCUT2D eigenvalue weighted by Crippen LogP contribution is -2.45.